The van der Waals surface area contributed by atoms with Crippen molar-refractivity contribution in [2.45, 2.75) is 13.8 Å². The van der Waals surface area contributed by atoms with Crippen LogP contribution in [-0.4, -0.2) is 26.6 Å². The average Bonchev–Trinajstić information content (AvgIpc) is 2.99. The number of nitrogens with one attached hydrogen (secondary N) is 3. The molecule has 118 valence electrons. The molecule has 0 saturated heterocycles. The summed E-state index contributed by atoms with van der Waals surface area (Å²) in [6, 6.07) is 9.10. The van der Waals surface area contributed by atoms with Crippen molar-refractivity contribution >= 4 is 34.2 Å². The van der Waals surface area contributed by atoms with Gasteiger partial charge in [0.2, 0.25) is 0 Å². The molecule has 0 spiro atoms. The molecule has 0 aliphatic rings. The molecule has 2 heterocycles. The van der Waals surface area contributed by atoms with E-state index in [1.54, 1.807) is 19.2 Å². The van der Waals surface area contributed by atoms with Gasteiger partial charge >= 0.3 is 11.8 Å². The third-order valence-electron chi connectivity index (χ3n) is 3.46. The summed E-state index contributed by atoms with van der Waals surface area (Å²) >= 11 is 0. The van der Waals surface area contributed by atoms with E-state index in [0.717, 1.165) is 22.3 Å². The van der Waals surface area contributed by atoms with Crippen LogP contribution in [0.1, 0.15) is 11.4 Å². The first-order chi connectivity index (χ1) is 10.9. The fourth-order valence-corrected chi connectivity index (χ4v) is 2.44. The highest BCUT2D eigenvalue weighted by atomic mass is 16.2. The smallest absolute Gasteiger partial charge is 0.315 e. The molecule has 3 N–H and O–H groups in total. The highest BCUT2D eigenvalue weighted by Crippen LogP contribution is 2.19. The normalized spacial score (nSPS) is 10.7. The lowest BCUT2D eigenvalue weighted by atomic mass is 10.2. The number of benzene rings is 1. The van der Waals surface area contributed by atoms with Gasteiger partial charge in [0.25, 0.3) is 0 Å². The summed E-state index contributed by atoms with van der Waals surface area (Å²) in [5.74, 6) is -0.992. The molecule has 0 radical (unpaired) electrons. The van der Waals surface area contributed by atoms with Gasteiger partial charge in [0.1, 0.15) is 5.82 Å². The molecule has 0 atom stereocenters. The molecule has 0 saturated carbocycles. The maximum Gasteiger partial charge on any atom is 0.315 e. The minimum atomic E-state index is -0.738. The van der Waals surface area contributed by atoms with Crippen LogP contribution in [0.5, 0.6) is 0 Å². The Morgan fingerprint density at radius 1 is 1.09 bits per heavy atom. The summed E-state index contributed by atoms with van der Waals surface area (Å²) in [5.41, 5.74) is 3.34. The minimum Gasteiger partial charge on any atom is -0.359 e. The van der Waals surface area contributed by atoms with Crippen molar-refractivity contribution in [1.29, 1.82) is 0 Å². The molecule has 0 aliphatic carbocycles. The largest absolute Gasteiger partial charge is 0.359 e. The van der Waals surface area contributed by atoms with Crippen molar-refractivity contribution < 1.29 is 9.59 Å². The van der Waals surface area contributed by atoms with Crippen molar-refractivity contribution in [1.82, 2.24) is 14.8 Å². The number of H-pyrrole nitrogens is 1. The fourth-order valence-electron chi connectivity index (χ4n) is 2.44. The highest BCUT2D eigenvalue weighted by molar-refractivity contribution is 6.43. The van der Waals surface area contributed by atoms with Crippen LogP contribution in [0.15, 0.2) is 30.3 Å². The topological polar surface area (TPSA) is 91.8 Å². The van der Waals surface area contributed by atoms with Gasteiger partial charge in [0, 0.05) is 35.4 Å². The summed E-state index contributed by atoms with van der Waals surface area (Å²) in [7, 11) is 1.70. The van der Waals surface area contributed by atoms with Crippen LogP contribution in [0.4, 0.5) is 11.5 Å². The van der Waals surface area contributed by atoms with E-state index in [4.69, 9.17) is 0 Å². The molecule has 0 bridgehead atoms. The molecular formula is C16H17N5O2. The Bertz CT molecular complexity index is 906. The molecule has 0 aliphatic heterocycles. The molecule has 3 rings (SSSR count). The summed E-state index contributed by atoms with van der Waals surface area (Å²) in [4.78, 5) is 27.2. The predicted octanol–water partition coefficient (Wildman–Crippen LogP) is 2.10. The number of fused-ring (bicyclic) bond motifs is 1. The van der Waals surface area contributed by atoms with Crippen LogP contribution >= 0.6 is 0 Å². The van der Waals surface area contributed by atoms with E-state index in [1.165, 1.54) is 4.68 Å². The van der Waals surface area contributed by atoms with E-state index in [0.29, 0.717) is 11.5 Å². The van der Waals surface area contributed by atoms with Crippen LogP contribution in [0.2, 0.25) is 0 Å². The zero-order chi connectivity index (χ0) is 16.6. The number of hydrogen-bond donors (Lipinski definition) is 3. The summed E-state index contributed by atoms with van der Waals surface area (Å²) in [6.07, 6.45) is 0. The average molecular weight is 311 g/mol. The van der Waals surface area contributed by atoms with E-state index >= 15 is 0 Å². The molecule has 23 heavy (non-hydrogen) atoms. The van der Waals surface area contributed by atoms with Crippen molar-refractivity contribution in [3.8, 4) is 0 Å². The van der Waals surface area contributed by atoms with Gasteiger partial charge in [0.15, 0.2) is 0 Å². The van der Waals surface area contributed by atoms with Crippen molar-refractivity contribution in [3.05, 3.63) is 41.7 Å². The molecule has 2 aromatic heterocycles. The Morgan fingerprint density at radius 2 is 1.83 bits per heavy atom. The van der Waals surface area contributed by atoms with Gasteiger partial charge in [-0.25, -0.2) is 0 Å². The van der Waals surface area contributed by atoms with Crippen LogP contribution in [0.3, 0.4) is 0 Å². The summed E-state index contributed by atoms with van der Waals surface area (Å²) in [5, 5.41) is 10.2. The first kappa shape index (κ1) is 14.8. The number of aromatic amines is 1. The van der Waals surface area contributed by atoms with Crippen LogP contribution < -0.4 is 10.6 Å². The second-order valence-electron chi connectivity index (χ2n) is 5.46. The van der Waals surface area contributed by atoms with E-state index in [2.05, 4.69) is 20.7 Å². The lowest BCUT2D eigenvalue weighted by molar-refractivity contribution is -0.133. The standard InChI is InChI=1S/C16H17N5O2/c1-9-6-11-8-12(4-5-13(11)17-9)18-15(22)16(23)19-14-7-10(2)20-21(14)3/h4-8,17H,1-3H3,(H,18,22)(H,19,23). The van der Waals surface area contributed by atoms with Gasteiger partial charge in [-0.1, -0.05) is 0 Å². The fraction of sp³-hybridized carbons (Fsp3) is 0.188. The van der Waals surface area contributed by atoms with Gasteiger partial charge in [0.05, 0.1) is 5.69 Å². The Kier molecular flexibility index (Phi) is 3.61. The molecule has 3 aromatic rings. The third-order valence-corrected chi connectivity index (χ3v) is 3.46. The lowest BCUT2D eigenvalue weighted by Crippen LogP contribution is -2.29. The number of rotatable bonds is 2. The molecule has 1 aromatic carbocycles. The minimum absolute atomic E-state index is 0.472. The number of hydrogen-bond acceptors (Lipinski definition) is 3. The Labute approximate surface area is 132 Å². The van der Waals surface area contributed by atoms with Crippen LogP contribution in [0.25, 0.3) is 10.9 Å². The van der Waals surface area contributed by atoms with E-state index in [9.17, 15) is 9.59 Å². The monoisotopic (exact) mass is 311 g/mol. The Morgan fingerprint density at radius 3 is 2.52 bits per heavy atom. The van der Waals surface area contributed by atoms with Crippen LogP contribution in [0, 0.1) is 13.8 Å². The predicted molar refractivity (Wildman–Crippen MR) is 88.2 cm³/mol. The molecule has 2 amide bonds. The quantitative estimate of drug-likeness (QED) is 0.633. The van der Waals surface area contributed by atoms with E-state index in [1.807, 2.05) is 32.0 Å². The Hall–Kier alpha value is -3.09. The second-order valence-corrected chi connectivity index (χ2v) is 5.46. The molecule has 0 fully saturated rings. The number of aromatic nitrogens is 3. The third kappa shape index (κ3) is 3.08. The van der Waals surface area contributed by atoms with Crippen molar-refractivity contribution in [3.63, 3.8) is 0 Å². The SMILES string of the molecule is Cc1cc(NC(=O)C(=O)Nc2ccc3[nH]c(C)cc3c2)n(C)n1. The molecule has 7 heteroatoms. The number of aryl methyl sites for hydroxylation is 3. The molecule has 0 unspecified atom stereocenters. The van der Waals surface area contributed by atoms with Gasteiger partial charge in [-0.3, -0.25) is 14.3 Å². The Balaban J connectivity index is 1.71. The number of carbonyl (C=O) groups excluding carboxylic acids is 2. The second kappa shape index (κ2) is 5.60. The van der Waals surface area contributed by atoms with Crippen molar-refractivity contribution in [2.75, 3.05) is 10.6 Å². The maximum absolute atomic E-state index is 12.0. The van der Waals surface area contributed by atoms with Gasteiger partial charge in [-0.2, -0.15) is 5.10 Å². The maximum atomic E-state index is 12.0. The highest BCUT2D eigenvalue weighted by Gasteiger charge is 2.16. The molecular weight excluding hydrogens is 294 g/mol. The van der Waals surface area contributed by atoms with Gasteiger partial charge in [-0.05, 0) is 38.1 Å². The zero-order valence-corrected chi connectivity index (χ0v) is 13.1. The summed E-state index contributed by atoms with van der Waals surface area (Å²) in [6.45, 7) is 3.77. The van der Waals surface area contributed by atoms with E-state index in [-0.39, 0.29) is 0 Å². The number of nitrogens with zero attached hydrogens (tertiary/aromatic N) is 2. The molecule has 7 nitrogen and oxygen atoms in total. The van der Waals surface area contributed by atoms with Crippen molar-refractivity contribution in [2.24, 2.45) is 7.05 Å². The lowest BCUT2D eigenvalue weighted by Gasteiger charge is -2.06. The zero-order valence-electron chi connectivity index (χ0n) is 13.1. The summed E-state index contributed by atoms with van der Waals surface area (Å²) < 4.78 is 1.51. The van der Waals surface area contributed by atoms with Gasteiger partial charge in [-0.15, -0.1) is 0 Å². The first-order valence-electron chi connectivity index (χ1n) is 7.15. The number of amides is 2. The van der Waals surface area contributed by atoms with Gasteiger partial charge < -0.3 is 15.6 Å². The number of anilines is 2. The van der Waals surface area contributed by atoms with E-state index < -0.39 is 11.8 Å². The first-order valence-corrected chi connectivity index (χ1v) is 7.15. The van der Waals surface area contributed by atoms with Crippen LogP contribution in [-0.2, 0) is 16.6 Å². The number of carbonyl (C=O) groups is 2.